The first-order valence-electron chi connectivity index (χ1n) is 3.47. The molecule has 0 saturated carbocycles. The zero-order valence-corrected chi connectivity index (χ0v) is 11.0. The van der Waals surface area contributed by atoms with E-state index in [2.05, 4.69) is 0 Å². The topological polar surface area (TPSA) is 173 Å². The smallest absolute Gasteiger partial charge is 0.335 e. The van der Waals surface area contributed by atoms with Gasteiger partial charge < -0.3 is 36.8 Å². The summed E-state index contributed by atoms with van der Waals surface area (Å²) >= 11 is 0. The van der Waals surface area contributed by atoms with Gasteiger partial charge in [-0.1, -0.05) is 0 Å². The summed E-state index contributed by atoms with van der Waals surface area (Å²) in [7, 11) is 0. The van der Waals surface area contributed by atoms with Gasteiger partial charge in [0.15, 0.2) is 6.10 Å². The van der Waals surface area contributed by atoms with Gasteiger partial charge in [-0.2, -0.15) is 0 Å². The van der Waals surface area contributed by atoms with Crippen LogP contribution in [0, 0.1) is 0 Å². The van der Waals surface area contributed by atoms with Crippen LogP contribution in [0.3, 0.4) is 0 Å². The van der Waals surface area contributed by atoms with E-state index in [0.717, 1.165) is 0 Å². The van der Waals surface area contributed by atoms with E-state index in [1.807, 2.05) is 0 Å². The predicted octanol–water partition coefficient (Wildman–Crippen LogP) is -3.33. The molecule has 0 rings (SSSR count). The summed E-state index contributed by atoms with van der Waals surface area (Å²) in [6.45, 7) is -0.843. The van der Waals surface area contributed by atoms with Crippen LogP contribution in [0.1, 0.15) is 0 Å². The van der Waals surface area contributed by atoms with Crippen molar-refractivity contribution in [1.29, 1.82) is 0 Å². The SMILES string of the molecule is N.O=C(O)[C@H](O)[C@@H](O)[C@H](O)[C@H](O)CO.[Zn]. The third-order valence-corrected chi connectivity index (χ3v) is 1.51. The number of carboxylic acids is 1. The van der Waals surface area contributed by atoms with Crippen molar-refractivity contribution in [3.05, 3.63) is 0 Å². The molecule has 9 heteroatoms. The normalized spacial score (nSPS) is 17.7. The van der Waals surface area contributed by atoms with E-state index in [4.69, 9.17) is 30.6 Å². The molecule has 0 aromatic heterocycles. The van der Waals surface area contributed by atoms with Crippen molar-refractivity contribution in [2.75, 3.05) is 6.61 Å². The second kappa shape index (κ2) is 9.11. The number of aliphatic carboxylic acids is 1. The van der Waals surface area contributed by atoms with Crippen LogP contribution in [0.2, 0.25) is 0 Å². The van der Waals surface area contributed by atoms with Gasteiger partial charge in [0, 0.05) is 19.5 Å². The summed E-state index contributed by atoms with van der Waals surface area (Å²) in [4.78, 5) is 10.1. The first-order chi connectivity index (χ1) is 5.91. The van der Waals surface area contributed by atoms with Gasteiger partial charge in [-0.15, -0.1) is 0 Å². The second-order valence-corrected chi connectivity index (χ2v) is 2.51. The zero-order chi connectivity index (χ0) is 10.6. The van der Waals surface area contributed by atoms with E-state index < -0.39 is 37.0 Å². The third kappa shape index (κ3) is 6.11. The fourth-order valence-electron chi connectivity index (χ4n) is 0.668. The Kier molecular flexibility index (Phi) is 12.3. The number of aliphatic hydroxyl groups is 5. The molecule has 15 heavy (non-hydrogen) atoms. The molecule has 0 aromatic carbocycles. The minimum absolute atomic E-state index is 0. The Bertz CT molecular complexity index is 181. The van der Waals surface area contributed by atoms with Crippen molar-refractivity contribution in [3.8, 4) is 0 Å². The summed E-state index contributed by atoms with van der Waals surface area (Å²) in [6, 6.07) is 0. The van der Waals surface area contributed by atoms with Crippen molar-refractivity contribution in [3.63, 3.8) is 0 Å². The number of carboxylic acid groups (broad SMARTS) is 1. The van der Waals surface area contributed by atoms with Crippen LogP contribution < -0.4 is 6.15 Å². The molecule has 0 aliphatic carbocycles. The average Bonchev–Trinajstić information content (AvgIpc) is 2.12. The molecule has 0 unspecified atom stereocenters. The molecule has 4 atom stereocenters. The van der Waals surface area contributed by atoms with Crippen LogP contribution in [0.25, 0.3) is 0 Å². The maximum atomic E-state index is 10.1. The minimum atomic E-state index is -2.20. The summed E-state index contributed by atoms with van der Waals surface area (Å²) < 4.78 is 0. The van der Waals surface area contributed by atoms with Crippen molar-refractivity contribution in [2.24, 2.45) is 0 Å². The predicted molar refractivity (Wildman–Crippen MR) is 43.8 cm³/mol. The number of hydrogen-bond acceptors (Lipinski definition) is 7. The molecule has 0 radical (unpaired) electrons. The van der Waals surface area contributed by atoms with Crippen LogP contribution >= 0.6 is 0 Å². The molecule has 0 aliphatic rings. The Hall–Kier alpha value is -0.147. The first-order valence-corrected chi connectivity index (χ1v) is 3.47. The summed E-state index contributed by atoms with van der Waals surface area (Å²) in [6.07, 6.45) is -7.84. The minimum Gasteiger partial charge on any atom is -0.479 e. The van der Waals surface area contributed by atoms with E-state index in [0.29, 0.717) is 0 Å². The average molecular weight is 279 g/mol. The monoisotopic (exact) mass is 277 g/mol. The van der Waals surface area contributed by atoms with Gasteiger partial charge in [0.25, 0.3) is 0 Å². The number of carbonyl (C=O) groups is 1. The fraction of sp³-hybridized carbons (Fsp3) is 0.833. The molecule has 0 aliphatic heterocycles. The molecule has 0 saturated heterocycles. The fourth-order valence-corrected chi connectivity index (χ4v) is 0.668. The van der Waals surface area contributed by atoms with Gasteiger partial charge in [0.05, 0.1) is 6.61 Å². The largest absolute Gasteiger partial charge is 0.479 e. The number of hydrogen-bond donors (Lipinski definition) is 7. The van der Waals surface area contributed by atoms with Gasteiger partial charge in [-0.05, 0) is 0 Å². The van der Waals surface area contributed by atoms with Crippen LogP contribution in [0.15, 0.2) is 0 Å². The van der Waals surface area contributed by atoms with Gasteiger partial charge in [0.2, 0.25) is 0 Å². The summed E-state index contributed by atoms with van der Waals surface area (Å²) in [5.74, 6) is -1.73. The van der Waals surface area contributed by atoms with Crippen LogP contribution in [0.4, 0.5) is 0 Å². The van der Waals surface area contributed by atoms with Crippen molar-refractivity contribution >= 4 is 5.97 Å². The Morgan fingerprint density at radius 1 is 1.07 bits per heavy atom. The molecule has 88 valence electrons. The summed E-state index contributed by atoms with van der Waals surface area (Å²) in [5.41, 5.74) is 0. The molecule has 9 N–H and O–H groups in total. The summed E-state index contributed by atoms with van der Waals surface area (Å²) in [5, 5.41) is 51.8. The number of rotatable bonds is 5. The molecular formula is C6H15NO7Zn. The van der Waals surface area contributed by atoms with E-state index in [1.54, 1.807) is 0 Å². The standard InChI is InChI=1S/C6H12O7.H3N.Zn/c7-1-2(8)3(9)4(10)5(11)6(12)13;;/h2-5,7-11H,1H2,(H,12,13);1H3;/t2-,3-,4+,5-;;/m1../s1. The Labute approximate surface area is 98.5 Å². The van der Waals surface area contributed by atoms with Gasteiger partial charge in [-0.25, -0.2) is 4.79 Å². The Balaban J connectivity index is -0.000000720. The molecule has 0 fully saturated rings. The molecule has 0 heterocycles. The molecular weight excluding hydrogens is 263 g/mol. The van der Waals surface area contributed by atoms with Gasteiger partial charge in [-0.3, -0.25) is 0 Å². The molecule has 0 spiro atoms. The van der Waals surface area contributed by atoms with Crippen LogP contribution in [-0.2, 0) is 24.3 Å². The van der Waals surface area contributed by atoms with Crippen molar-refractivity contribution < 1.29 is 54.9 Å². The second-order valence-electron chi connectivity index (χ2n) is 2.51. The van der Waals surface area contributed by atoms with E-state index in [9.17, 15) is 4.79 Å². The van der Waals surface area contributed by atoms with Gasteiger partial charge in [0.1, 0.15) is 18.3 Å². The maximum Gasteiger partial charge on any atom is 0.335 e. The third-order valence-electron chi connectivity index (χ3n) is 1.51. The van der Waals surface area contributed by atoms with Crippen molar-refractivity contribution in [2.45, 2.75) is 24.4 Å². The maximum absolute atomic E-state index is 10.1. The van der Waals surface area contributed by atoms with Crippen LogP contribution in [-0.4, -0.2) is 67.6 Å². The molecule has 0 amide bonds. The Morgan fingerprint density at radius 3 is 1.73 bits per heavy atom. The molecule has 8 nitrogen and oxygen atoms in total. The number of aliphatic hydroxyl groups excluding tert-OH is 5. The molecule has 0 bridgehead atoms. The van der Waals surface area contributed by atoms with Crippen molar-refractivity contribution in [1.82, 2.24) is 6.15 Å². The quantitative estimate of drug-likeness (QED) is 0.256. The van der Waals surface area contributed by atoms with E-state index in [-0.39, 0.29) is 25.6 Å². The van der Waals surface area contributed by atoms with E-state index >= 15 is 0 Å². The first kappa shape index (κ1) is 20.3. The zero-order valence-electron chi connectivity index (χ0n) is 8.02. The Morgan fingerprint density at radius 2 is 1.47 bits per heavy atom. The van der Waals surface area contributed by atoms with E-state index in [1.165, 1.54) is 0 Å². The van der Waals surface area contributed by atoms with Gasteiger partial charge >= 0.3 is 5.97 Å². The molecule has 0 aromatic rings. The van der Waals surface area contributed by atoms with Crippen LogP contribution in [0.5, 0.6) is 0 Å².